The molecular formula is C27H30FN3O4S. The molecule has 1 N–H and O–H groups in total. The number of anilines is 1. The van der Waals surface area contributed by atoms with E-state index < -0.39 is 40.2 Å². The van der Waals surface area contributed by atoms with Gasteiger partial charge < -0.3 is 10.2 Å². The summed E-state index contributed by atoms with van der Waals surface area (Å²) in [5.41, 5.74) is 2.35. The molecule has 0 radical (unpaired) electrons. The smallest absolute Gasteiger partial charge is 0.264 e. The van der Waals surface area contributed by atoms with Crippen molar-refractivity contribution in [2.45, 2.75) is 38.3 Å². The van der Waals surface area contributed by atoms with Gasteiger partial charge >= 0.3 is 0 Å². The van der Waals surface area contributed by atoms with Crippen LogP contribution in [-0.4, -0.2) is 44.8 Å². The number of hydrogen-bond acceptors (Lipinski definition) is 4. The van der Waals surface area contributed by atoms with E-state index in [1.54, 1.807) is 19.1 Å². The fourth-order valence-electron chi connectivity index (χ4n) is 3.80. The van der Waals surface area contributed by atoms with Crippen LogP contribution in [0.5, 0.6) is 0 Å². The molecule has 0 aromatic heterocycles. The molecule has 3 aromatic rings. The molecule has 0 spiro atoms. The van der Waals surface area contributed by atoms with Gasteiger partial charge in [-0.1, -0.05) is 59.7 Å². The van der Waals surface area contributed by atoms with Crippen LogP contribution in [0.3, 0.4) is 0 Å². The minimum absolute atomic E-state index is 0.0742. The minimum atomic E-state index is -4.31. The summed E-state index contributed by atoms with van der Waals surface area (Å²) in [5, 5.41) is 2.53. The molecule has 0 saturated heterocycles. The van der Waals surface area contributed by atoms with Gasteiger partial charge in [-0.05, 0) is 50.6 Å². The summed E-state index contributed by atoms with van der Waals surface area (Å²) in [6.45, 7) is 4.67. The van der Waals surface area contributed by atoms with Gasteiger partial charge in [0.1, 0.15) is 18.4 Å². The Labute approximate surface area is 211 Å². The van der Waals surface area contributed by atoms with E-state index in [0.717, 1.165) is 27.1 Å². The first kappa shape index (κ1) is 26.9. The van der Waals surface area contributed by atoms with Crippen molar-refractivity contribution in [2.75, 3.05) is 17.9 Å². The first-order chi connectivity index (χ1) is 17.0. The quantitative estimate of drug-likeness (QED) is 0.474. The van der Waals surface area contributed by atoms with Gasteiger partial charge in [0, 0.05) is 13.6 Å². The number of likely N-dealkylation sites (N-methyl/N-ethyl adjacent to an activating group) is 1. The molecule has 36 heavy (non-hydrogen) atoms. The lowest BCUT2D eigenvalue weighted by molar-refractivity contribution is -0.139. The van der Waals surface area contributed by atoms with Crippen LogP contribution >= 0.6 is 0 Å². The zero-order valence-electron chi connectivity index (χ0n) is 20.7. The molecule has 0 fully saturated rings. The molecule has 0 heterocycles. The predicted octanol–water partition coefficient (Wildman–Crippen LogP) is 3.80. The molecule has 3 rings (SSSR count). The summed E-state index contributed by atoms with van der Waals surface area (Å²) >= 11 is 0. The Morgan fingerprint density at radius 3 is 2.22 bits per heavy atom. The molecule has 0 bridgehead atoms. The SMILES string of the molecule is CNC(=O)[C@H](C)N(Cc1cccc(C)c1)C(=O)CN(c1ccccc1F)S(=O)(=O)c1ccc(C)cc1. The van der Waals surface area contributed by atoms with Crippen molar-refractivity contribution in [3.63, 3.8) is 0 Å². The van der Waals surface area contributed by atoms with Crippen LogP contribution in [0.1, 0.15) is 23.6 Å². The second-order valence-corrected chi connectivity index (χ2v) is 10.4. The third-order valence-electron chi connectivity index (χ3n) is 5.86. The highest BCUT2D eigenvalue weighted by Crippen LogP contribution is 2.27. The maximum absolute atomic E-state index is 14.8. The van der Waals surface area contributed by atoms with E-state index in [9.17, 15) is 22.4 Å². The van der Waals surface area contributed by atoms with Crippen molar-refractivity contribution < 1.29 is 22.4 Å². The number of carbonyl (C=O) groups excluding carboxylic acids is 2. The molecule has 0 aliphatic rings. The molecule has 190 valence electrons. The maximum atomic E-state index is 14.8. The number of aryl methyl sites for hydroxylation is 2. The number of nitrogens with zero attached hydrogens (tertiary/aromatic N) is 2. The van der Waals surface area contributed by atoms with E-state index in [0.29, 0.717) is 0 Å². The van der Waals surface area contributed by atoms with Crippen molar-refractivity contribution in [2.24, 2.45) is 0 Å². The topological polar surface area (TPSA) is 86.8 Å². The van der Waals surface area contributed by atoms with Gasteiger partial charge in [-0.25, -0.2) is 12.8 Å². The van der Waals surface area contributed by atoms with E-state index in [-0.39, 0.29) is 17.1 Å². The minimum Gasteiger partial charge on any atom is -0.357 e. The van der Waals surface area contributed by atoms with Crippen molar-refractivity contribution in [3.8, 4) is 0 Å². The lowest BCUT2D eigenvalue weighted by atomic mass is 10.1. The second kappa shape index (κ2) is 11.3. The largest absolute Gasteiger partial charge is 0.357 e. The normalized spacial score (nSPS) is 12.0. The predicted molar refractivity (Wildman–Crippen MR) is 137 cm³/mol. The van der Waals surface area contributed by atoms with Crippen molar-refractivity contribution in [3.05, 3.63) is 95.3 Å². The first-order valence-electron chi connectivity index (χ1n) is 11.4. The summed E-state index contributed by atoms with van der Waals surface area (Å²) in [5.74, 6) is -1.84. The van der Waals surface area contributed by atoms with Gasteiger partial charge in [-0.2, -0.15) is 0 Å². The van der Waals surface area contributed by atoms with Crippen LogP contribution in [0.2, 0.25) is 0 Å². The molecule has 0 unspecified atom stereocenters. The van der Waals surface area contributed by atoms with E-state index in [1.807, 2.05) is 38.1 Å². The lowest BCUT2D eigenvalue weighted by Crippen LogP contribution is -2.50. The fourth-order valence-corrected chi connectivity index (χ4v) is 5.23. The van der Waals surface area contributed by atoms with Crippen LogP contribution in [0, 0.1) is 19.7 Å². The number of para-hydroxylation sites is 1. The molecule has 7 nitrogen and oxygen atoms in total. The zero-order valence-corrected chi connectivity index (χ0v) is 21.5. The highest BCUT2D eigenvalue weighted by Gasteiger charge is 2.33. The van der Waals surface area contributed by atoms with Crippen LogP contribution in [0.15, 0.2) is 77.7 Å². The standard InChI is InChI=1S/C27H30FN3O4S/c1-19-12-14-23(15-13-19)36(34,35)31(25-11-6-5-10-24(25)28)18-26(32)30(21(3)27(33)29-4)17-22-9-7-8-20(2)16-22/h5-16,21H,17-18H2,1-4H3,(H,29,33)/t21-/m0/s1. The van der Waals surface area contributed by atoms with Crippen LogP contribution in [0.25, 0.3) is 0 Å². The average molecular weight is 512 g/mol. The van der Waals surface area contributed by atoms with Gasteiger partial charge in [-0.3, -0.25) is 13.9 Å². The van der Waals surface area contributed by atoms with Crippen LogP contribution in [0.4, 0.5) is 10.1 Å². The Morgan fingerprint density at radius 2 is 1.61 bits per heavy atom. The van der Waals surface area contributed by atoms with Crippen LogP contribution < -0.4 is 9.62 Å². The number of rotatable bonds is 9. The van der Waals surface area contributed by atoms with E-state index in [4.69, 9.17) is 0 Å². The Morgan fingerprint density at radius 1 is 0.944 bits per heavy atom. The molecular weight excluding hydrogens is 481 g/mol. The summed E-state index contributed by atoms with van der Waals surface area (Å²) in [6.07, 6.45) is 0. The number of nitrogens with one attached hydrogen (secondary N) is 1. The van der Waals surface area contributed by atoms with Crippen molar-refractivity contribution in [1.29, 1.82) is 0 Å². The van der Waals surface area contributed by atoms with E-state index in [2.05, 4.69) is 5.32 Å². The Balaban J connectivity index is 2.05. The molecule has 0 aliphatic heterocycles. The number of carbonyl (C=O) groups is 2. The summed E-state index contributed by atoms with van der Waals surface area (Å²) < 4.78 is 42.9. The van der Waals surface area contributed by atoms with Gasteiger partial charge in [0.25, 0.3) is 10.0 Å². The summed E-state index contributed by atoms with van der Waals surface area (Å²) in [7, 11) is -2.85. The number of halogens is 1. The molecule has 2 amide bonds. The van der Waals surface area contributed by atoms with Crippen molar-refractivity contribution in [1.82, 2.24) is 10.2 Å². The second-order valence-electron chi connectivity index (χ2n) is 8.58. The number of hydrogen-bond donors (Lipinski definition) is 1. The Bertz CT molecular complexity index is 1340. The molecule has 3 aromatic carbocycles. The van der Waals surface area contributed by atoms with Crippen LogP contribution in [-0.2, 0) is 26.2 Å². The number of sulfonamides is 1. The molecule has 0 aliphatic carbocycles. The molecule has 9 heteroatoms. The first-order valence-corrected chi connectivity index (χ1v) is 12.9. The fraction of sp³-hybridized carbons (Fsp3) is 0.259. The third kappa shape index (κ3) is 6.09. The summed E-state index contributed by atoms with van der Waals surface area (Å²) in [4.78, 5) is 27.3. The summed E-state index contributed by atoms with van der Waals surface area (Å²) in [6, 6.07) is 18.0. The highest BCUT2D eigenvalue weighted by atomic mass is 32.2. The van der Waals surface area contributed by atoms with E-state index in [1.165, 1.54) is 42.3 Å². The molecule has 0 saturated carbocycles. The number of amides is 2. The molecule has 1 atom stereocenters. The van der Waals surface area contributed by atoms with Crippen molar-refractivity contribution >= 4 is 27.5 Å². The van der Waals surface area contributed by atoms with Gasteiger partial charge in [0.2, 0.25) is 11.8 Å². The van der Waals surface area contributed by atoms with Gasteiger partial charge in [0.15, 0.2) is 0 Å². The maximum Gasteiger partial charge on any atom is 0.264 e. The number of benzene rings is 3. The van der Waals surface area contributed by atoms with E-state index >= 15 is 0 Å². The monoisotopic (exact) mass is 511 g/mol. The van der Waals surface area contributed by atoms with Gasteiger partial charge in [0.05, 0.1) is 10.6 Å². The lowest BCUT2D eigenvalue weighted by Gasteiger charge is -2.32. The Kier molecular flexibility index (Phi) is 8.47. The van der Waals surface area contributed by atoms with Gasteiger partial charge in [-0.15, -0.1) is 0 Å². The highest BCUT2D eigenvalue weighted by molar-refractivity contribution is 7.92. The average Bonchev–Trinajstić information content (AvgIpc) is 2.85. The Hall–Kier alpha value is -3.72. The third-order valence-corrected chi connectivity index (χ3v) is 7.63. The zero-order chi connectivity index (χ0) is 26.5.